The van der Waals surface area contributed by atoms with E-state index in [4.69, 9.17) is 9.47 Å². The smallest absolute Gasteiger partial charge is 0.308 e. The Morgan fingerprint density at radius 1 is 0.844 bits per heavy atom. The van der Waals surface area contributed by atoms with E-state index in [0.29, 0.717) is 38.3 Å². The Morgan fingerprint density at radius 2 is 1.58 bits per heavy atom. The van der Waals surface area contributed by atoms with Crippen LogP contribution < -0.4 is 24.6 Å². The Balaban J connectivity index is 1.27. The maximum Gasteiger partial charge on any atom is 0.308 e. The van der Waals surface area contributed by atoms with Crippen LogP contribution in [0.2, 0.25) is 0 Å². The lowest BCUT2D eigenvalue weighted by molar-refractivity contribution is -0.122. The second-order valence-corrected chi connectivity index (χ2v) is 12.9. The molecule has 7 rings (SSSR count). The van der Waals surface area contributed by atoms with Gasteiger partial charge in [-0.15, -0.1) is 0 Å². The molecule has 3 heterocycles. The number of anilines is 2. The maximum absolute atomic E-state index is 14.1. The third kappa shape index (κ3) is 4.98. The number of carbonyl (C=O) groups is 3. The molecular formula is C34H27N3O6S2. The molecule has 0 bridgehead atoms. The molecule has 226 valence electrons. The van der Waals surface area contributed by atoms with E-state index < -0.39 is 17.1 Å². The summed E-state index contributed by atoms with van der Waals surface area (Å²) in [4.78, 5) is 56.4. The minimum Gasteiger partial charge on any atom is -0.497 e. The SMILES string of the molecule is COc1ccc(N2C(=O)[C@H]3[C@H](c4ccccc4OC)c4sc(=O)n(CC(=O)Nc5ccc6ccccc6c5)c4S[C@H]3C2=O)cc1. The molecule has 1 N–H and O–H groups in total. The summed E-state index contributed by atoms with van der Waals surface area (Å²) < 4.78 is 12.3. The van der Waals surface area contributed by atoms with Gasteiger partial charge in [0.1, 0.15) is 23.3 Å². The second kappa shape index (κ2) is 11.6. The van der Waals surface area contributed by atoms with E-state index >= 15 is 0 Å². The van der Waals surface area contributed by atoms with Crippen LogP contribution in [0.3, 0.4) is 0 Å². The van der Waals surface area contributed by atoms with Crippen molar-refractivity contribution in [1.82, 2.24) is 4.57 Å². The molecule has 9 nitrogen and oxygen atoms in total. The van der Waals surface area contributed by atoms with Crippen LogP contribution in [0.4, 0.5) is 11.4 Å². The van der Waals surface area contributed by atoms with Crippen LogP contribution in [-0.2, 0) is 20.9 Å². The van der Waals surface area contributed by atoms with Gasteiger partial charge in [-0.3, -0.25) is 23.7 Å². The highest BCUT2D eigenvalue weighted by Gasteiger charge is 2.57. The van der Waals surface area contributed by atoms with E-state index in [9.17, 15) is 19.2 Å². The van der Waals surface area contributed by atoms with Crippen molar-refractivity contribution in [3.63, 3.8) is 0 Å². The average molecular weight is 638 g/mol. The number of carbonyl (C=O) groups excluding carboxylic acids is 3. The fourth-order valence-corrected chi connectivity index (χ4v) is 8.87. The Hall–Kier alpha value is -4.87. The zero-order chi connectivity index (χ0) is 31.2. The fourth-order valence-electron chi connectivity index (χ4n) is 6.11. The number of para-hydroxylation sites is 1. The van der Waals surface area contributed by atoms with Crippen molar-refractivity contribution in [2.45, 2.75) is 22.7 Å². The zero-order valence-corrected chi connectivity index (χ0v) is 25.9. The molecule has 1 fully saturated rings. The molecule has 0 spiro atoms. The number of benzene rings is 4. The average Bonchev–Trinajstić information content (AvgIpc) is 3.50. The van der Waals surface area contributed by atoms with Crippen LogP contribution >= 0.6 is 23.1 Å². The largest absolute Gasteiger partial charge is 0.497 e. The molecule has 0 radical (unpaired) electrons. The van der Waals surface area contributed by atoms with Gasteiger partial charge in [-0.1, -0.05) is 71.6 Å². The number of imide groups is 1. The Bertz CT molecular complexity index is 2040. The van der Waals surface area contributed by atoms with Gasteiger partial charge in [-0.2, -0.15) is 0 Å². The number of methoxy groups -OCH3 is 2. The molecule has 3 amide bonds. The Morgan fingerprint density at radius 3 is 2.33 bits per heavy atom. The molecule has 0 saturated carbocycles. The highest BCUT2D eigenvalue weighted by Crippen LogP contribution is 2.55. The molecule has 5 aromatic rings. The first-order chi connectivity index (χ1) is 21.9. The van der Waals surface area contributed by atoms with E-state index in [1.54, 1.807) is 44.6 Å². The third-order valence-electron chi connectivity index (χ3n) is 8.19. The number of rotatable bonds is 7. The zero-order valence-electron chi connectivity index (χ0n) is 24.3. The lowest BCUT2D eigenvalue weighted by atomic mass is 9.82. The first kappa shape index (κ1) is 28.9. The standard InChI is InChI=1S/C34H27N3O6S2/c1-42-23-15-13-22(14-16-23)37-31(39)28-27(24-9-5-6-10-25(24)43-2)30-33(44-29(28)32(37)40)36(34(41)45-30)18-26(38)35-21-12-11-19-7-3-4-8-20(19)17-21/h3-17,27-29H,18H2,1-2H3,(H,35,38)/t27-,28-,29+/m0/s1. The van der Waals surface area contributed by atoms with E-state index in [1.165, 1.54) is 21.2 Å². The van der Waals surface area contributed by atoms with Gasteiger partial charge in [0.25, 0.3) is 0 Å². The quantitative estimate of drug-likeness (QED) is 0.235. The predicted molar refractivity (Wildman–Crippen MR) is 175 cm³/mol. The van der Waals surface area contributed by atoms with Gasteiger partial charge in [-0.05, 0) is 53.2 Å². The van der Waals surface area contributed by atoms with Crippen LogP contribution in [-0.4, -0.2) is 41.8 Å². The van der Waals surface area contributed by atoms with Gasteiger partial charge in [0.15, 0.2) is 0 Å². The van der Waals surface area contributed by atoms with E-state index in [0.717, 1.165) is 22.1 Å². The van der Waals surface area contributed by atoms with Crippen LogP contribution in [0.15, 0.2) is 101 Å². The molecule has 0 aliphatic carbocycles. The second-order valence-electron chi connectivity index (χ2n) is 10.7. The molecule has 45 heavy (non-hydrogen) atoms. The highest BCUT2D eigenvalue weighted by molar-refractivity contribution is 8.00. The molecule has 1 saturated heterocycles. The number of aromatic nitrogens is 1. The molecule has 2 aliphatic heterocycles. The Labute approximate surface area is 266 Å². The summed E-state index contributed by atoms with van der Waals surface area (Å²) >= 11 is 2.17. The van der Waals surface area contributed by atoms with Crippen molar-refractivity contribution < 1.29 is 23.9 Å². The molecule has 3 atom stereocenters. The summed E-state index contributed by atoms with van der Waals surface area (Å²) in [7, 11) is 3.09. The summed E-state index contributed by atoms with van der Waals surface area (Å²) in [6.07, 6.45) is 0. The third-order valence-corrected chi connectivity index (χ3v) is 10.8. The van der Waals surface area contributed by atoms with Crippen molar-refractivity contribution in [3.05, 3.63) is 111 Å². The van der Waals surface area contributed by atoms with Crippen LogP contribution in [0.25, 0.3) is 10.8 Å². The van der Waals surface area contributed by atoms with E-state index in [1.807, 2.05) is 60.7 Å². The molecular weight excluding hydrogens is 611 g/mol. The van der Waals surface area contributed by atoms with Gasteiger partial charge in [0, 0.05) is 22.0 Å². The number of ether oxygens (including phenoxy) is 2. The van der Waals surface area contributed by atoms with Crippen molar-refractivity contribution in [2.75, 3.05) is 24.4 Å². The number of thiazole rings is 1. The fraction of sp³-hybridized carbons (Fsp3) is 0.176. The molecule has 4 aromatic carbocycles. The van der Waals surface area contributed by atoms with Crippen molar-refractivity contribution in [3.8, 4) is 11.5 Å². The first-order valence-electron chi connectivity index (χ1n) is 14.2. The van der Waals surface area contributed by atoms with Crippen LogP contribution in [0, 0.1) is 5.92 Å². The lowest BCUT2D eigenvalue weighted by Gasteiger charge is -2.31. The number of nitrogens with one attached hydrogen (secondary N) is 1. The molecule has 0 unspecified atom stereocenters. The number of nitrogens with zero attached hydrogens (tertiary/aromatic N) is 2. The van der Waals surface area contributed by atoms with Gasteiger partial charge in [0.2, 0.25) is 17.7 Å². The number of fused-ring (bicyclic) bond motifs is 3. The number of hydrogen-bond acceptors (Lipinski definition) is 8. The van der Waals surface area contributed by atoms with Gasteiger partial charge >= 0.3 is 4.87 Å². The summed E-state index contributed by atoms with van der Waals surface area (Å²) in [5.41, 5.74) is 1.75. The highest BCUT2D eigenvalue weighted by atomic mass is 32.2. The molecule has 1 aromatic heterocycles. The van der Waals surface area contributed by atoms with Crippen LogP contribution in [0.1, 0.15) is 16.4 Å². The number of hydrogen-bond donors (Lipinski definition) is 1. The summed E-state index contributed by atoms with van der Waals surface area (Å²) in [6.45, 7) is -0.245. The van der Waals surface area contributed by atoms with Gasteiger partial charge in [0.05, 0.1) is 30.9 Å². The molecule has 11 heteroatoms. The van der Waals surface area contributed by atoms with Crippen molar-refractivity contribution >= 4 is 63.0 Å². The first-order valence-corrected chi connectivity index (χ1v) is 15.9. The number of amides is 3. The normalized spacial score (nSPS) is 18.9. The van der Waals surface area contributed by atoms with Crippen molar-refractivity contribution in [2.24, 2.45) is 5.92 Å². The summed E-state index contributed by atoms with van der Waals surface area (Å²) in [6, 6.07) is 27.5. The number of thioether (sulfide) groups is 1. The maximum atomic E-state index is 14.1. The minimum atomic E-state index is -0.814. The molecule has 2 aliphatic rings. The topological polar surface area (TPSA) is 107 Å². The Kier molecular flexibility index (Phi) is 7.42. The van der Waals surface area contributed by atoms with Crippen LogP contribution in [0.5, 0.6) is 11.5 Å². The van der Waals surface area contributed by atoms with E-state index in [-0.39, 0.29) is 29.1 Å². The minimum absolute atomic E-state index is 0.245. The summed E-state index contributed by atoms with van der Waals surface area (Å²) in [5, 5.41) is 4.63. The van der Waals surface area contributed by atoms with Gasteiger partial charge in [-0.25, -0.2) is 4.90 Å². The van der Waals surface area contributed by atoms with Gasteiger partial charge < -0.3 is 14.8 Å². The summed E-state index contributed by atoms with van der Waals surface area (Å²) in [5.74, 6) is -1.38. The monoisotopic (exact) mass is 637 g/mol. The van der Waals surface area contributed by atoms with Crippen molar-refractivity contribution in [1.29, 1.82) is 0 Å². The lowest BCUT2D eigenvalue weighted by Crippen LogP contribution is -2.33. The van der Waals surface area contributed by atoms with E-state index in [2.05, 4.69) is 5.32 Å². The predicted octanol–water partition coefficient (Wildman–Crippen LogP) is 5.51.